The molecule has 4 nitrogen and oxygen atoms in total. The van der Waals surface area contributed by atoms with Gasteiger partial charge in [-0.3, -0.25) is 14.5 Å². The summed E-state index contributed by atoms with van der Waals surface area (Å²) in [6, 6.07) is 7.17. The van der Waals surface area contributed by atoms with Gasteiger partial charge in [-0.15, -0.1) is 0 Å². The maximum Gasteiger partial charge on any atom is 0.249 e. The largest absolute Gasteiger partial charge is 0.321 e. The van der Waals surface area contributed by atoms with Gasteiger partial charge in [0.1, 0.15) is 0 Å². The fourth-order valence-electron chi connectivity index (χ4n) is 1.46. The summed E-state index contributed by atoms with van der Waals surface area (Å²) in [6.07, 6.45) is 2.81. The molecule has 15 heavy (non-hydrogen) atoms. The van der Waals surface area contributed by atoms with Crippen LogP contribution in [0.2, 0.25) is 0 Å². The summed E-state index contributed by atoms with van der Waals surface area (Å²) in [4.78, 5) is 24.1. The summed E-state index contributed by atoms with van der Waals surface area (Å²) < 4.78 is 0. The van der Waals surface area contributed by atoms with E-state index in [2.05, 4.69) is 5.32 Å². The van der Waals surface area contributed by atoms with Crippen LogP contribution in [0.1, 0.15) is 6.92 Å². The maximum atomic E-state index is 11.4. The third-order valence-electron chi connectivity index (χ3n) is 2.14. The van der Waals surface area contributed by atoms with Gasteiger partial charge >= 0.3 is 0 Å². The van der Waals surface area contributed by atoms with Crippen molar-refractivity contribution in [1.29, 1.82) is 0 Å². The molecular formula is C11H10N2O2. The van der Waals surface area contributed by atoms with E-state index in [9.17, 15) is 9.59 Å². The lowest BCUT2D eigenvalue weighted by Gasteiger charge is -2.17. The summed E-state index contributed by atoms with van der Waals surface area (Å²) in [5.41, 5.74) is 1.33. The summed E-state index contributed by atoms with van der Waals surface area (Å²) in [7, 11) is 0. The molecule has 0 bridgehead atoms. The van der Waals surface area contributed by atoms with Gasteiger partial charge in [-0.05, 0) is 12.1 Å². The summed E-state index contributed by atoms with van der Waals surface area (Å²) >= 11 is 0. The molecule has 0 atom stereocenters. The van der Waals surface area contributed by atoms with E-state index in [0.717, 1.165) is 0 Å². The molecule has 0 fully saturated rings. The van der Waals surface area contributed by atoms with E-state index in [4.69, 9.17) is 0 Å². The van der Waals surface area contributed by atoms with E-state index in [-0.39, 0.29) is 11.8 Å². The van der Waals surface area contributed by atoms with Gasteiger partial charge in [0.15, 0.2) is 0 Å². The topological polar surface area (TPSA) is 49.4 Å². The van der Waals surface area contributed by atoms with Gasteiger partial charge in [-0.1, -0.05) is 12.1 Å². The van der Waals surface area contributed by atoms with Gasteiger partial charge in [0.2, 0.25) is 11.8 Å². The fraction of sp³-hybridized carbons (Fsp3) is 0.0909. The second kappa shape index (κ2) is 3.57. The average Bonchev–Trinajstić information content (AvgIpc) is 2.35. The Morgan fingerprint density at radius 1 is 1.33 bits per heavy atom. The van der Waals surface area contributed by atoms with Crippen molar-refractivity contribution in [3.05, 3.63) is 36.5 Å². The highest BCUT2D eigenvalue weighted by Crippen LogP contribution is 2.27. The highest BCUT2D eigenvalue weighted by molar-refractivity contribution is 6.08. The number of hydrogen-bond acceptors (Lipinski definition) is 2. The van der Waals surface area contributed by atoms with Crippen LogP contribution in [0.5, 0.6) is 0 Å². The first-order valence-corrected chi connectivity index (χ1v) is 4.56. The SMILES string of the molecule is CC(=O)N1C=CC(=O)Nc2ccccc21. The van der Waals surface area contributed by atoms with Crippen LogP contribution in [-0.4, -0.2) is 11.8 Å². The van der Waals surface area contributed by atoms with Gasteiger partial charge in [-0.2, -0.15) is 0 Å². The predicted molar refractivity (Wildman–Crippen MR) is 57.4 cm³/mol. The molecule has 2 amide bonds. The number of benzene rings is 1. The zero-order chi connectivity index (χ0) is 10.8. The van der Waals surface area contributed by atoms with Crippen LogP contribution in [0.15, 0.2) is 36.5 Å². The van der Waals surface area contributed by atoms with Crippen LogP contribution in [0.25, 0.3) is 0 Å². The van der Waals surface area contributed by atoms with Crippen molar-refractivity contribution in [3.63, 3.8) is 0 Å². The van der Waals surface area contributed by atoms with Crippen LogP contribution in [0, 0.1) is 0 Å². The van der Waals surface area contributed by atoms with Crippen LogP contribution < -0.4 is 10.2 Å². The van der Waals surface area contributed by atoms with E-state index < -0.39 is 0 Å². The Labute approximate surface area is 87.2 Å². The Bertz CT molecular complexity index is 452. The monoisotopic (exact) mass is 202 g/mol. The van der Waals surface area contributed by atoms with Gasteiger partial charge < -0.3 is 5.32 Å². The molecule has 1 N–H and O–H groups in total. The Balaban J connectivity index is 2.55. The molecule has 4 heteroatoms. The molecule has 1 aliphatic rings. The maximum absolute atomic E-state index is 11.4. The molecule has 1 aromatic rings. The molecule has 0 spiro atoms. The van der Waals surface area contributed by atoms with E-state index in [1.54, 1.807) is 12.1 Å². The minimum absolute atomic E-state index is 0.129. The fourth-order valence-corrected chi connectivity index (χ4v) is 1.46. The molecule has 1 aliphatic heterocycles. The molecule has 0 aromatic heterocycles. The van der Waals surface area contributed by atoms with Crippen LogP contribution >= 0.6 is 0 Å². The molecule has 0 saturated carbocycles. The van der Waals surface area contributed by atoms with Gasteiger partial charge in [0.05, 0.1) is 11.4 Å². The van der Waals surface area contributed by atoms with E-state index in [1.165, 1.54) is 24.1 Å². The number of hydrogen-bond donors (Lipinski definition) is 1. The lowest BCUT2D eigenvalue weighted by atomic mass is 10.2. The number of fused-ring (bicyclic) bond motifs is 1. The summed E-state index contributed by atoms with van der Waals surface area (Å²) in [5, 5.41) is 2.69. The van der Waals surface area contributed by atoms with Gasteiger partial charge in [0, 0.05) is 19.2 Å². The summed E-state index contributed by atoms with van der Waals surface area (Å²) in [6.45, 7) is 1.46. The lowest BCUT2D eigenvalue weighted by Crippen LogP contribution is -2.21. The number of para-hydroxylation sites is 2. The number of carbonyl (C=O) groups is 2. The third-order valence-corrected chi connectivity index (χ3v) is 2.14. The van der Waals surface area contributed by atoms with Crippen molar-refractivity contribution in [3.8, 4) is 0 Å². The molecule has 1 heterocycles. The van der Waals surface area contributed by atoms with Crippen LogP contribution in [0.4, 0.5) is 11.4 Å². The molecule has 0 saturated heterocycles. The molecule has 0 radical (unpaired) electrons. The van der Waals surface area contributed by atoms with Crippen molar-refractivity contribution in [1.82, 2.24) is 0 Å². The smallest absolute Gasteiger partial charge is 0.249 e. The number of carbonyl (C=O) groups excluding carboxylic acids is 2. The van der Waals surface area contributed by atoms with Crippen molar-refractivity contribution in [2.75, 3.05) is 10.2 Å². The molecular weight excluding hydrogens is 192 g/mol. The van der Waals surface area contributed by atoms with Gasteiger partial charge in [0.25, 0.3) is 0 Å². The van der Waals surface area contributed by atoms with Crippen molar-refractivity contribution < 1.29 is 9.59 Å². The Kier molecular flexibility index (Phi) is 2.25. The molecule has 1 aromatic carbocycles. The number of nitrogens with zero attached hydrogens (tertiary/aromatic N) is 1. The Morgan fingerprint density at radius 3 is 2.80 bits per heavy atom. The van der Waals surface area contributed by atoms with E-state index in [1.807, 2.05) is 12.1 Å². The second-order valence-electron chi connectivity index (χ2n) is 3.21. The molecule has 2 rings (SSSR count). The number of amides is 2. The average molecular weight is 202 g/mol. The van der Waals surface area contributed by atoms with Crippen molar-refractivity contribution in [2.24, 2.45) is 0 Å². The number of nitrogens with one attached hydrogen (secondary N) is 1. The third kappa shape index (κ3) is 1.74. The zero-order valence-electron chi connectivity index (χ0n) is 8.23. The first kappa shape index (κ1) is 9.45. The molecule has 0 unspecified atom stereocenters. The predicted octanol–water partition coefficient (Wildman–Crippen LogP) is 1.51. The lowest BCUT2D eigenvalue weighted by molar-refractivity contribution is -0.116. The highest BCUT2D eigenvalue weighted by atomic mass is 16.2. The second-order valence-corrected chi connectivity index (χ2v) is 3.21. The number of rotatable bonds is 0. The first-order chi connectivity index (χ1) is 7.18. The van der Waals surface area contributed by atoms with Crippen LogP contribution in [0.3, 0.4) is 0 Å². The Morgan fingerprint density at radius 2 is 2.07 bits per heavy atom. The standard InChI is InChI=1S/C11H10N2O2/c1-8(14)13-7-6-11(15)12-9-4-2-3-5-10(9)13/h2-7H,1H3,(H,12,15). The number of anilines is 2. The molecule has 0 aliphatic carbocycles. The van der Waals surface area contributed by atoms with Crippen LogP contribution in [-0.2, 0) is 9.59 Å². The normalized spacial score (nSPS) is 14.2. The van der Waals surface area contributed by atoms with E-state index >= 15 is 0 Å². The molecule has 76 valence electrons. The van der Waals surface area contributed by atoms with Crippen molar-refractivity contribution >= 4 is 23.2 Å². The Hall–Kier alpha value is -2.10. The summed E-state index contributed by atoms with van der Waals surface area (Å²) in [5.74, 6) is -0.360. The quantitative estimate of drug-likeness (QED) is 0.693. The van der Waals surface area contributed by atoms with Crippen molar-refractivity contribution in [2.45, 2.75) is 6.92 Å². The highest BCUT2D eigenvalue weighted by Gasteiger charge is 2.16. The van der Waals surface area contributed by atoms with Gasteiger partial charge in [-0.25, -0.2) is 0 Å². The zero-order valence-corrected chi connectivity index (χ0v) is 8.23. The minimum atomic E-state index is -0.230. The minimum Gasteiger partial charge on any atom is -0.321 e. The van der Waals surface area contributed by atoms with E-state index in [0.29, 0.717) is 11.4 Å². The first-order valence-electron chi connectivity index (χ1n) is 4.56.